The van der Waals surface area contributed by atoms with Gasteiger partial charge in [0.2, 0.25) is 10.0 Å². The second-order valence-electron chi connectivity index (χ2n) is 15.5. The molecule has 4 heterocycles. The molecule has 3 aromatic rings. The summed E-state index contributed by atoms with van der Waals surface area (Å²) < 4.78 is 48.5. The van der Waals surface area contributed by atoms with Crippen molar-refractivity contribution >= 4 is 33.2 Å². The molecule has 3 aliphatic heterocycles. The van der Waals surface area contributed by atoms with E-state index in [4.69, 9.17) is 30.8 Å². The predicted octanol–water partition coefficient (Wildman–Crippen LogP) is 6.90. The number of hydrogen-bond donors (Lipinski definition) is 1. The largest absolute Gasteiger partial charge is 0.487 e. The van der Waals surface area contributed by atoms with Crippen molar-refractivity contribution in [1.82, 2.24) is 14.6 Å². The zero-order chi connectivity index (χ0) is 37.9. The molecule has 1 aromatic heterocycles. The summed E-state index contributed by atoms with van der Waals surface area (Å²) in [6, 6.07) is 13.4. The maximum Gasteiger partial charge on any atom is 0.264 e. The summed E-state index contributed by atoms with van der Waals surface area (Å²) in [6.45, 7) is 9.38. The number of sulfonamides is 1. The standard InChI is InChI=1S/C42H53ClN4O6S/c1-29-7-6-15-42(51-3,36-21-31(24-44-25-36)26-46-17-19-52-20-18-46)38-13-10-34(38)27-47-16-5-4-8-32-22-37(43)12-9-35(32)28-53-40-14-11-33(23-39(40)47)41(48)45-54(49,50)30(29)2/h6,9,11-12,14-15,21-25,29-30,34,38H,4-5,7-8,10,13,16-20,26-28H2,1-3H3,(H,45,48)/b15-6+/t29-,30?,34-,38?,42-/m0/s1. The van der Waals surface area contributed by atoms with Crippen molar-refractivity contribution in [3.63, 3.8) is 0 Å². The maximum absolute atomic E-state index is 13.6. The molecule has 7 rings (SSSR count). The lowest BCUT2D eigenvalue weighted by Gasteiger charge is -2.50. The third-order valence-electron chi connectivity index (χ3n) is 12.2. The van der Waals surface area contributed by atoms with Crippen LogP contribution in [0.5, 0.6) is 5.75 Å². The van der Waals surface area contributed by atoms with Crippen molar-refractivity contribution in [3.8, 4) is 5.75 Å². The van der Waals surface area contributed by atoms with E-state index >= 15 is 0 Å². The SMILES string of the molecule is CO[C@]1(c2cncc(CN3CCOCC3)c2)/C=C/C[C@H](C)C(C)S(=O)(=O)NC(=O)c2ccc3c(c2)N(CCCCc2cc(Cl)ccc2CO3)C[C@@H]2CCC21. The second-order valence-corrected chi connectivity index (χ2v) is 18.0. The van der Waals surface area contributed by atoms with Crippen molar-refractivity contribution in [1.29, 1.82) is 0 Å². The topological polar surface area (TPSA) is 110 Å². The molecule has 10 nitrogen and oxygen atoms in total. The van der Waals surface area contributed by atoms with Gasteiger partial charge in [0.05, 0.1) is 24.2 Å². The van der Waals surface area contributed by atoms with Crippen LogP contribution >= 0.6 is 11.6 Å². The first kappa shape index (κ1) is 38.8. The molecule has 290 valence electrons. The Morgan fingerprint density at radius 1 is 1.02 bits per heavy atom. The van der Waals surface area contributed by atoms with Crippen LogP contribution in [0.4, 0.5) is 5.69 Å². The van der Waals surface area contributed by atoms with E-state index in [-0.39, 0.29) is 23.3 Å². The Hall–Kier alpha value is -3.48. The molecule has 0 spiro atoms. The number of benzene rings is 2. The molecule has 0 radical (unpaired) electrons. The van der Waals surface area contributed by atoms with Gasteiger partial charge in [0.1, 0.15) is 18.0 Å². The van der Waals surface area contributed by atoms with Crippen LogP contribution in [0.25, 0.3) is 0 Å². The number of morpholine rings is 1. The summed E-state index contributed by atoms with van der Waals surface area (Å²) in [4.78, 5) is 23.1. The number of aryl methyl sites for hydroxylation is 1. The zero-order valence-corrected chi connectivity index (χ0v) is 33.2. The Bertz CT molecular complexity index is 1950. The van der Waals surface area contributed by atoms with Crippen molar-refractivity contribution in [2.45, 2.75) is 76.4 Å². The normalized spacial score (nSPS) is 28.6. The maximum atomic E-state index is 13.6. The number of rotatable bonds is 4. The van der Waals surface area contributed by atoms with Gasteiger partial charge in [-0.25, -0.2) is 13.1 Å². The number of carbonyl (C=O) groups is 1. The molecular weight excluding hydrogens is 724 g/mol. The average molecular weight is 777 g/mol. The van der Waals surface area contributed by atoms with Crippen LogP contribution in [0.1, 0.15) is 78.6 Å². The number of fused-ring (bicyclic) bond motifs is 3. The van der Waals surface area contributed by atoms with E-state index in [0.29, 0.717) is 23.8 Å². The molecular formula is C42H53ClN4O6S. The van der Waals surface area contributed by atoms with Crippen molar-refractivity contribution in [3.05, 3.63) is 99.9 Å². The first-order valence-electron chi connectivity index (χ1n) is 19.4. The summed E-state index contributed by atoms with van der Waals surface area (Å²) in [7, 11) is -2.21. The monoisotopic (exact) mass is 776 g/mol. The number of nitrogens with zero attached hydrogens (tertiary/aromatic N) is 3. The molecule has 1 saturated heterocycles. The number of halogens is 1. The Labute approximate surface area is 325 Å². The van der Waals surface area contributed by atoms with Gasteiger partial charge in [-0.1, -0.05) is 36.7 Å². The number of carbonyl (C=O) groups excluding carboxylic acids is 1. The number of methoxy groups -OCH3 is 1. The number of nitrogens with one attached hydrogen (secondary N) is 1. The Morgan fingerprint density at radius 2 is 1.85 bits per heavy atom. The lowest BCUT2D eigenvalue weighted by molar-refractivity contribution is -0.0806. The number of hydrogen-bond acceptors (Lipinski definition) is 9. The lowest BCUT2D eigenvalue weighted by atomic mass is 9.62. The van der Waals surface area contributed by atoms with E-state index in [9.17, 15) is 13.2 Å². The van der Waals surface area contributed by atoms with Crippen LogP contribution in [0.15, 0.2) is 67.0 Å². The molecule has 2 fully saturated rings. The summed E-state index contributed by atoms with van der Waals surface area (Å²) in [5.41, 5.74) is 4.66. The van der Waals surface area contributed by atoms with E-state index < -0.39 is 26.8 Å². The molecule has 5 atom stereocenters. The molecule has 2 aromatic carbocycles. The van der Waals surface area contributed by atoms with Crippen molar-refractivity contribution in [2.24, 2.45) is 17.8 Å². The van der Waals surface area contributed by atoms with Gasteiger partial charge in [-0.3, -0.25) is 14.7 Å². The first-order valence-corrected chi connectivity index (χ1v) is 21.3. The van der Waals surface area contributed by atoms with E-state index in [2.05, 4.69) is 32.7 Å². The highest BCUT2D eigenvalue weighted by Gasteiger charge is 2.49. The smallest absolute Gasteiger partial charge is 0.264 e. The van der Waals surface area contributed by atoms with Crippen LogP contribution < -0.4 is 14.4 Å². The van der Waals surface area contributed by atoms with Gasteiger partial charge in [-0.15, -0.1) is 0 Å². The number of aromatic nitrogens is 1. The average Bonchev–Trinajstić information content (AvgIpc) is 3.18. The molecule has 54 heavy (non-hydrogen) atoms. The summed E-state index contributed by atoms with van der Waals surface area (Å²) in [5, 5.41) is -0.114. The highest BCUT2D eigenvalue weighted by molar-refractivity contribution is 7.90. The van der Waals surface area contributed by atoms with Crippen molar-refractivity contribution < 1.29 is 27.4 Å². The van der Waals surface area contributed by atoms with Gasteiger partial charge in [-0.2, -0.15) is 0 Å². The summed E-state index contributed by atoms with van der Waals surface area (Å²) in [5.74, 6) is 0.121. The molecule has 2 unspecified atom stereocenters. The fraction of sp³-hybridized carbons (Fsp3) is 0.524. The number of amides is 1. The molecule has 1 amide bonds. The molecule has 1 saturated carbocycles. The fourth-order valence-corrected chi connectivity index (χ4v) is 10.0. The number of ether oxygens (including phenoxy) is 3. The van der Waals surface area contributed by atoms with Gasteiger partial charge in [0, 0.05) is 74.3 Å². The molecule has 12 heteroatoms. The molecule has 4 aliphatic rings. The van der Waals surface area contributed by atoms with Gasteiger partial charge < -0.3 is 19.1 Å². The lowest BCUT2D eigenvalue weighted by Crippen LogP contribution is -2.49. The van der Waals surface area contributed by atoms with E-state index in [1.54, 1.807) is 32.2 Å². The van der Waals surface area contributed by atoms with Crippen LogP contribution in [-0.4, -0.2) is 76.0 Å². The fourth-order valence-electron chi connectivity index (χ4n) is 8.53. The minimum absolute atomic E-state index is 0.129. The van der Waals surface area contributed by atoms with Gasteiger partial charge in [0.15, 0.2) is 0 Å². The van der Waals surface area contributed by atoms with Gasteiger partial charge >= 0.3 is 0 Å². The van der Waals surface area contributed by atoms with Gasteiger partial charge in [-0.05, 0) is 110 Å². The number of anilines is 1. The molecule has 1 aliphatic carbocycles. The van der Waals surface area contributed by atoms with E-state index in [1.807, 2.05) is 37.5 Å². The van der Waals surface area contributed by atoms with Crippen LogP contribution in [-0.2, 0) is 44.7 Å². The van der Waals surface area contributed by atoms with Crippen LogP contribution in [0, 0.1) is 17.8 Å². The molecule has 2 bridgehead atoms. The molecule has 1 N–H and O–H groups in total. The second kappa shape index (κ2) is 16.7. The van der Waals surface area contributed by atoms with E-state index in [0.717, 1.165) is 100 Å². The third kappa shape index (κ3) is 8.35. The number of allylic oxidation sites excluding steroid dienone is 1. The van der Waals surface area contributed by atoms with Gasteiger partial charge in [0.25, 0.3) is 5.91 Å². The highest BCUT2D eigenvalue weighted by Crippen LogP contribution is 2.51. The first-order chi connectivity index (χ1) is 26.1. The van der Waals surface area contributed by atoms with E-state index in [1.165, 1.54) is 5.56 Å². The predicted molar refractivity (Wildman–Crippen MR) is 211 cm³/mol. The minimum Gasteiger partial charge on any atom is -0.487 e. The summed E-state index contributed by atoms with van der Waals surface area (Å²) >= 11 is 6.41. The quantitative estimate of drug-likeness (QED) is 0.283. The van der Waals surface area contributed by atoms with Crippen LogP contribution in [0.3, 0.4) is 0 Å². The minimum atomic E-state index is -3.99. The highest BCUT2D eigenvalue weighted by atomic mass is 35.5. The Morgan fingerprint density at radius 3 is 2.63 bits per heavy atom. The van der Waals surface area contributed by atoms with Crippen LogP contribution in [0.2, 0.25) is 5.02 Å². The summed E-state index contributed by atoms with van der Waals surface area (Å²) in [6.07, 6.45) is 13.3. The third-order valence-corrected chi connectivity index (χ3v) is 14.3. The Balaban J connectivity index is 1.29. The Kier molecular flexibility index (Phi) is 12.0. The zero-order valence-electron chi connectivity index (χ0n) is 31.6. The number of pyridine rings is 1. The van der Waals surface area contributed by atoms with Crippen molar-refractivity contribution in [2.75, 3.05) is 51.4 Å².